The molecule has 1 amide bonds. The summed E-state index contributed by atoms with van der Waals surface area (Å²) in [5.74, 6) is 1.42. The first-order valence-electron chi connectivity index (χ1n) is 11.2. The maximum Gasteiger partial charge on any atom is 0.221 e. The topological polar surface area (TPSA) is 44.8 Å². The number of amides is 1. The lowest BCUT2D eigenvalue weighted by molar-refractivity contribution is -0.114. The van der Waals surface area contributed by atoms with Crippen LogP contribution in [0.1, 0.15) is 34.1 Å². The number of carbonyl (C=O) groups excluding carboxylic acids is 1. The standard InChI is InChI=1S/C26H33N3O2/c1-5-31-25-12-10-23(11-13-25)29-17-20-14-26(3,4)15-24(29)18-28(16-20)22-8-6-21(7-9-22)27-19(2)30/h6-13,15,20H,5,14,16-18H2,1-4H3,(H,27,30)/t20-/m1/s1. The number of benzene rings is 2. The molecule has 31 heavy (non-hydrogen) atoms. The van der Waals surface area contributed by atoms with E-state index in [1.165, 1.54) is 24.0 Å². The predicted molar refractivity (Wildman–Crippen MR) is 128 cm³/mol. The van der Waals surface area contributed by atoms with Crippen LogP contribution in [0, 0.1) is 11.3 Å². The first-order valence-corrected chi connectivity index (χ1v) is 11.2. The molecule has 164 valence electrons. The van der Waals surface area contributed by atoms with Gasteiger partial charge in [-0.2, -0.15) is 0 Å². The fourth-order valence-electron chi connectivity index (χ4n) is 4.91. The van der Waals surface area contributed by atoms with E-state index in [4.69, 9.17) is 4.74 Å². The Hall–Kier alpha value is -2.95. The number of anilines is 3. The van der Waals surface area contributed by atoms with Crippen molar-refractivity contribution in [2.45, 2.75) is 34.1 Å². The van der Waals surface area contributed by atoms with Gasteiger partial charge in [-0.05, 0) is 73.2 Å². The molecule has 1 N–H and O–H groups in total. The minimum atomic E-state index is -0.0459. The van der Waals surface area contributed by atoms with Gasteiger partial charge in [0.2, 0.25) is 5.91 Å². The van der Waals surface area contributed by atoms with Gasteiger partial charge in [0.1, 0.15) is 5.75 Å². The second-order valence-electron chi connectivity index (χ2n) is 9.34. The summed E-state index contributed by atoms with van der Waals surface area (Å²) in [7, 11) is 0. The molecule has 2 heterocycles. The van der Waals surface area contributed by atoms with Crippen molar-refractivity contribution in [1.29, 1.82) is 0 Å². The Morgan fingerprint density at radius 3 is 2.39 bits per heavy atom. The van der Waals surface area contributed by atoms with Crippen molar-refractivity contribution in [3.63, 3.8) is 0 Å². The minimum Gasteiger partial charge on any atom is -0.494 e. The monoisotopic (exact) mass is 419 g/mol. The Kier molecular flexibility index (Phi) is 5.94. The molecule has 4 rings (SSSR count). The minimum absolute atomic E-state index is 0.0459. The molecule has 2 aromatic rings. The highest BCUT2D eigenvalue weighted by atomic mass is 16.5. The predicted octanol–water partition coefficient (Wildman–Crippen LogP) is 5.30. The van der Waals surface area contributed by atoms with E-state index in [0.29, 0.717) is 12.5 Å². The van der Waals surface area contributed by atoms with Crippen molar-refractivity contribution in [3.8, 4) is 5.75 Å². The van der Waals surface area contributed by atoms with Crippen LogP contribution in [0.5, 0.6) is 5.75 Å². The van der Waals surface area contributed by atoms with Crippen LogP contribution in [-0.4, -0.2) is 32.1 Å². The Morgan fingerprint density at radius 1 is 1.06 bits per heavy atom. The third-order valence-electron chi connectivity index (χ3n) is 6.00. The van der Waals surface area contributed by atoms with Crippen molar-refractivity contribution in [2.75, 3.05) is 41.4 Å². The summed E-state index contributed by atoms with van der Waals surface area (Å²) >= 11 is 0. The summed E-state index contributed by atoms with van der Waals surface area (Å²) in [5.41, 5.74) is 4.78. The molecule has 2 aliphatic heterocycles. The second kappa shape index (κ2) is 8.66. The second-order valence-corrected chi connectivity index (χ2v) is 9.34. The first kappa shape index (κ1) is 21.3. The van der Waals surface area contributed by atoms with E-state index < -0.39 is 0 Å². The smallest absolute Gasteiger partial charge is 0.221 e. The van der Waals surface area contributed by atoms with Gasteiger partial charge in [0.15, 0.2) is 0 Å². The number of fused-ring (bicyclic) bond motifs is 3. The van der Waals surface area contributed by atoms with Crippen LogP contribution in [0.4, 0.5) is 17.1 Å². The van der Waals surface area contributed by atoms with Gasteiger partial charge in [-0.1, -0.05) is 19.9 Å². The molecule has 0 radical (unpaired) electrons. The molecule has 1 fully saturated rings. The maximum absolute atomic E-state index is 11.3. The molecule has 5 heteroatoms. The zero-order chi connectivity index (χ0) is 22.0. The molecule has 0 unspecified atom stereocenters. The lowest BCUT2D eigenvalue weighted by atomic mass is 9.82. The fourth-order valence-corrected chi connectivity index (χ4v) is 4.91. The number of ether oxygens (including phenoxy) is 1. The van der Waals surface area contributed by atoms with Gasteiger partial charge < -0.3 is 19.9 Å². The molecule has 0 spiro atoms. The van der Waals surface area contributed by atoms with Crippen molar-refractivity contribution >= 4 is 23.0 Å². The van der Waals surface area contributed by atoms with Gasteiger partial charge in [-0.15, -0.1) is 0 Å². The lowest BCUT2D eigenvalue weighted by Crippen LogP contribution is -2.33. The van der Waals surface area contributed by atoms with Gasteiger partial charge >= 0.3 is 0 Å². The Labute approximate surface area is 185 Å². The maximum atomic E-state index is 11.3. The van der Waals surface area contributed by atoms with Crippen molar-refractivity contribution in [3.05, 3.63) is 60.3 Å². The average Bonchev–Trinajstić information content (AvgIpc) is 2.94. The van der Waals surface area contributed by atoms with Gasteiger partial charge in [0.25, 0.3) is 0 Å². The summed E-state index contributed by atoms with van der Waals surface area (Å²) in [6.07, 6.45) is 3.62. The van der Waals surface area contributed by atoms with E-state index in [-0.39, 0.29) is 11.3 Å². The third-order valence-corrected chi connectivity index (χ3v) is 6.00. The number of allylic oxidation sites excluding steroid dienone is 1. The summed E-state index contributed by atoms with van der Waals surface area (Å²) < 4.78 is 5.63. The van der Waals surface area contributed by atoms with E-state index >= 15 is 0 Å². The van der Waals surface area contributed by atoms with Crippen LogP contribution in [0.25, 0.3) is 0 Å². The molecular formula is C26H33N3O2. The zero-order valence-corrected chi connectivity index (χ0v) is 19.0. The summed E-state index contributed by atoms with van der Waals surface area (Å²) in [4.78, 5) is 16.3. The van der Waals surface area contributed by atoms with Gasteiger partial charge in [-0.3, -0.25) is 4.79 Å². The van der Waals surface area contributed by atoms with Crippen LogP contribution >= 0.6 is 0 Å². The molecule has 1 atom stereocenters. The molecule has 2 aromatic carbocycles. The highest BCUT2D eigenvalue weighted by Crippen LogP contribution is 2.39. The highest BCUT2D eigenvalue weighted by Gasteiger charge is 2.35. The number of carbonyl (C=O) groups is 1. The molecule has 1 saturated heterocycles. The van der Waals surface area contributed by atoms with E-state index in [0.717, 1.165) is 37.5 Å². The van der Waals surface area contributed by atoms with Crippen LogP contribution in [-0.2, 0) is 4.79 Å². The van der Waals surface area contributed by atoms with E-state index in [1.54, 1.807) is 0 Å². The molecule has 0 aliphatic carbocycles. The molecule has 2 aliphatic rings. The number of nitrogens with one attached hydrogen (secondary N) is 1. The first-order chi connectivity index (χ1) is 14.8. The van der Waals surface area contributed by atoms with Crippen LogP contribution < -0.4 is 19.9 Å². The Balaban J connectivity index is 1.61. The zero-order valence-electron chi connectivity index (χ0n) is 19.0. The third kappa shape index (κ3) is 5.04. The molecular weight excluding hydrogens is 386 g/mol. The van der Waals surface area contributed by atoms with E-state index in [2.05, 4.69) is 71.4 Å². The van der Waals surface area contributed by atoms with Crippen molar-refractivity contribution in [1.82, 2.24) is 0 Å². The highest BCUT2D eigenvalue weighted by molar-refractivity contribution is 5.88. The normalized spacial score (nSPS) is 20.0. The Morgan fingerprint density at radius 2 is 1.74 bits per heavy atom. The number of hydrogen-bond donors (Lipinski definition) is 1. The van der Waals surface area contributed by atoms with E-state index in [9.17, 15) is 4.79 Å². The summed E-state index contributed by atoms with van der Waals surface area (Å²) in [5, 5.41) is 2.85. The van der Waals surface area contributed by atoms with E-state index in [1.807, 2.05) is 19.1 Å². The number of rotatable bonds is 5. The van der Waals surface area contributed by atoms with Crippen LogP contribution in [0.2, 0.25) is 0 Å². The van der Waals surface area contributed by atoms with Crippen molar-refractivity contribution in [2.24, 2.45) is 11.3 Å². The molecule has 0 saturated carbocycles. The average molecular weight is 420 g/mol. The summed E-state index contributed by atoms with van der Waals surface area (Å²) in [6.45, 7) is 11.8. The largest absolute Gasteiger partial charge is 0.494 e. The lowest BCUT2D eigenvalue weighted by Gasteiger charge is -2.33. The van der Waals surface area contributed by atoms with Gasteiger partial charge in [-0.25, -0.2) is 0 Å². The quantitative estimate of drug-likeness (QED) is 0.714. The van der Waals surface area contributed by atoms with Crippen LogP contribution in [0.15, 0.2) is 60.3 Å². The summed E-state index contributed by atoms with van der Waals surface area (Å²) in [6, 6.07) is 16.7. The number of nitrogens with zero attached hydrogens (tertiary/aromatic N) is 2. The molecule has 2 bridgehead atoms. The molecule has 0 aromatic heterocycles. The van der Waals surface area contributed by atoms with Gasteiger partial charge in [0.05, 0.1) is 13.2 Å². The Bertz CT molecular complexity index is 948. The van der Waals surface area contributed by atoms with Crippen LogP contribution in [0.3, 0.4) is 0 Å². The SMILES string of the molecule is CCOc1ccc(N2C[C@H]3CN(c4ccc(NC(C)=O)cc4)CC2=CC(C)(C)C3)cc1. The van der Waals surface area contributed by atoms with Gasteiger partial charge in [0, 0.05) is 42.8 Å². The molecule has 5 nitrogen and oxygen atoms in total. The van der Waals surface area contributed by atoms with Crippen molar-refractivity contribution < 1.29 is 9.53 Å². The number of hydrogen-bond acceptors (Lipinski definition) is 4. The fraction of sp³-hybridized carbons (Fsp3) is 0.423.